The first kappa shape index (κ1) is 17.8. The van der Waals surface area contributed by atoms with E-state index in [4.69, 9.17) is 4.42 Å². The smallest absolute Gasteiger partial charge is 0.252 e. The Hall–Kier alpha value is -2.63. The van der Waals surface area contributed by atoms with Gasteiger partial charge in [0.25, 0.3) is 5.91 Å². The molecule has 1 unspecified atom stereocenters. The summed E-state index contributed by atoms with van der Waals surface area (Å²) >= 11 is 0. The van der Waals surface area contributed by atoms with E-state index in [0.29, 0.717) is 37.4 Å². The number of nitrogens with one attached hydrogen (secondary N) is 1. The van der Waals surface area contributed by atoms with E-state index < -0.39 is 6.04 Å². The van der Waals surface area contributed by atoms with Crippen LogP contribution in [0.15, 0.2) is 28.7 Å². The quantitative estimate of drug-likeness (QED) is 0.901. The molecule has 4 rings (SSSR count). The van der Waals surface area contributed by atoms with Gasteiger partial charge in [-0.2, -0.15) is 0 Å². The summed E-state index contributed by atoms with van der Waals surface area (Å²) in [5.41, 5.74) is 2.44. The van der Waals surface area contributed by atoms with E-state index in [9.17, 15) is 9.59 Å². The van der Waals surface area contributed by atoms with E-state index in [1.165, 1.54) is 0 Å². The van der Waals surface area contributed by atoms with Gasteiger partial charge in [0.15, 0.2) is 5.89 Å². The maximum Gasteiger partial charge on any atom is 0.252 e. The lowest BCUT2D eigenvalue weighted by atomic mass is 9.94. The maximum absolute atomic E-state index is 13.0. The van der Waals surface area contributed by atoms with Crippen LogP contribution in [0.25, 0.3) is 0 Å². The molecule has 1 aromatic carbocycles. The molecule has 0 spiro atoms. The minimum Gasteiger partial charge on any atom is -0.445 e. The fourth-order valence-corrected chi connectivity index (χ4v) is 3.76. The molecule has 6 heteroatoms. The van der Waals surface area contributed by atoms with Crippen LogP contribution in [0, 0.1) is 5.92 Å². The van der Waals surface area contributed by atoms with Crippen molar-refractivity contribution in [2.75, 3.05) is 6.54 Å². The van der Waals surface area contributed by atoms with Crippen molar-refractivity contribution in [1.82, 2.24) is 15.2 Å². The molecular formula is C21H25N3O3. The zero-order valence-corrected chi connectivity index (χ0v) is 15.8. The number of benzene rings is 1. The molecule has 0 saturated heterocycles. The van der Waals surface area contributed by atoms with Crippen molar-refractivity contribution in [3.63, 3.8) is 0 Å². The highest BCUT2D eigenvalue weighted by Gasteiger charge is 2.34. The van der Waals surface area contributed by atoms with Gasteiger partial charge < -0.3 is 14.6 Å². The van der Waals surface area contributed by atoms with Gasteiger partial charge in [0, 0.05) is 31.4 Å². The van der Waals surface area contributed by atoms with E-state index in [2.05, 4.69) is 24.1 Å². The van der Waals surface area contributed by atoms with Crippen molar-refractivity contribution in [2.45, 2.75) is 52.1 Å². The number of hydrogen-bond acceptors (Lipinski definition) is 4. The summed E-state index contributed by atoms with van der Waals surface area (Å²) in [5.74, 6) is 2.05. The molecule has 2 amide bonds. The number of oxazole rings is 1. The zero-order chi connectivity index (χ0) is 19.0. The summed E-state index contributed by atoms with van der Waals surface area (Å²) in [4.78, 5) is 31.7. The van der Waals surface area contributed by atoms with E-state index in [0.717, 1.165) is 35.7 Å². The molecule has 2 aliphatic rings. The molecule has 0 saturated carbocycles. The first-order valence-electron chi connectivity index (χ1n) is 9.66. The topological polar surface area (TPSA) is 75.4 Å². The Morgan fingerprint density at radius 3 is 3.00 bits per heavy atom. The molecule has 2 aromatic rings. The van der Waals surface area contributed by atoms with Crippen LogP contribution in [-0.2, 0) is 30.6 Å². The second-order valence-corrected chi connectivity index (χ2v) is 7.81. The molecule has 0 bridgehead atoms. The predicted molar refractivity (Wildman–Crippen MR) is 100 cm³/mol. The first-order chi connectivity index (χ1) is 13.0. The first-order valence-corrected chi connectivity index (χ1v) is 9.66. The van der Waals surface area contributed by atoms with Crippen LogP contribution in [0.3, 0.4) is 0 Å². The van der Waals surface area contributed by atoms with Crippen molar-refractivity contribution in [1.29, 1.82) is 0 Å². The molecule has 1 atom stereocenters. The molecule has 1 N–H and O–H groups in total. The Morgan fingerprint density at radius 1 is 1.37 bits per heavy atom. The molecule has 6 nitrogen and oxygen atoms in total. The minimum atomic E-state index is -0.513. The third-order valence-electron chi connectivity index (χ3n) is 5.31. The molecule has 0 fully saturated rings. The van der Waals surface area contributed by atoms with Crippen molar-refractivity contribution in [3.05, 3.63) is 52.7 Å². The van der Waals surface area contributed by atoms with Gasteiger partial charge >= 0.3 is 0 Å². The molecule has 0 aliphatic carbocycles. The molecule has 2 aliphatic heterocycles. The Bertz CT molecular complexity index is 871. The summed E-state index contributed by atoms with van der Waals surface area (Å²) in [5, 5.41) is 2.86. The monoisotopic (exact) mass is 367 g/mol. The normalized spacial score (nSPS) is 18.9. The van der Waals surface area contributed by atoms with Gasteiger partial charge in [0.1, 0.15) is 17.5 Å². The van der Waals surface area contributed by atoms with Crippen LogP contribution < -0.4 is 5.32 Å². The van der Waals surface area contributed by atoms with Crippen LogP contribution in [-0.4, -0.2) is 34.3 Å². The molecule has 0 radical (unpaired) electrons. The standard InChI is InChI=1S/C21H25N3O3/c1-13(2)7-8-19-22-17-12-24(10-9-18(17)27-19)21(26)16-11-14-5-3-4-6-15(14)20(25)23-16/h3-6,13,16H,7-12H2,1-2H3,(H,23,25). The highest BCUT2D eigenvalue weighted by atomic mass is 16.4. The number of hydrogen-bond donors (Lipinski definition) is 1. The largest absolute Gasteiger partial charge is 0.445 e. The molecule has 1 aromatic heterocycles. The fraction of sp³-hybridized carbons (Fsp3) is 0.476. The van der Waals surface area contributed by atoms with Crippen LogP contribution >= 0.6 is 0 Å². The number of carbonyl (C=O) groups is 2. The second-order valence-electron chi connectivity index (χ2n) is 7.81. The third kappa shape index (κ3) is 3.61. The Balaban J connectivity index is 1.45. The van der Waals surface area contributed by atoms with Crippen molar-refractivity contribution < 1.29 is 14.0 Å². The van der Waals surface area contributed by atoms with Gasteiger partial charge in [0.2, 0.25) is 5.91 Å². The van der Waals surface area contributed by atoms with Gasteiger partial charge in [-0.1, -0.05) is 32.0 Å². The lowest BCUT2D eigenvalue weighted by molar-refractivity contribution is -0.134. The van der Waals surface area contributed by atoms with Gasteiger partial charge in [-0.25, -0.2) is 4.98 Å². The highest BCUT2D eigenvalue weighted by Crippen LogP contribution is 2.23. The molecule has 142 valence electrons. The van der Waals surface area contributed by atoms with Crippen molar-refractivity contribution in [3.8, 4) is 0 Å². The lowest BCUT2D eigenvalue weighted by Gasteiger charge is -2.32. The number of fused-ring (bicyclic) bond motifs is 2. The van der Waals surface area contributed by atoms with E-state index in [1.54, 1.807) is 11.0 Å². The van der Waals surface area contributed by atoms with Crippen LogP contribution in [0.2, 0.25) is 0 Å². The van der Waals surface area contributed by atoms with Crippen LogP contribution in [0.4, 0.5) is 0 Å². The third-order valence-corrected chi connectivity index (χ3v) is 5.31. The zero-order valence-electron chi connectivity index (χ0n) is 15.8. The summed E-state index contributed by atoms with van der Waals surface area (Å²) in [6.45, 7) is 5.41. The summed E-state index contributed by atoms with van der Waals surface area (Å²) in [6.07, 6.45) is 3.07. The van der Waals surface area contributed by atoms with Gasteiger partial charge in [-0.15, -0.1) is 0 Å². The van der Waals surface area contributed by atoms with Crippen molar-refractivity contribution in [2.24, 2.45) is 5.92 Å². The van der Waals surface area contributed by atoms with Gasteiger partial charge in [0.05, 0.1) is 6.54 Å². The van der Waals surface area contributed by atoms with E-state index >= 15 is 0 Å². The Labute approximate surface area is 159 Å². The van der Waals surface area contributed by atoms with E-state index in [-0.39, 0.29) is 11.8 Å². The van der Waals surface area contributed by atoms with Crippen LogP contribution in [0.1, 0.15) is 53.5 Å². The number of nitrogens with zero attached hydrogens (tertiary/aromatic N) is 2. The number of rotatable bonds is 4. The number of amides is 2. The fourth-order valence-electron chi connectivity index (χ4n) is 3.76. The number of carbonyl (C=O) groups excluding carboxylic acids is 2. The van der Waals surface area contributed by atoms with Crippen molar-refractivity contribution >= 4 is 11.8 Å². The molecular weight excluding hydrogens is 342 g/mol. The summed E-state index contributed by atoms with van der Waals surface area (Å²) in [7, 11) is 0. The van der Waals surface area contributed by atoms with Crippen LogP contribution in [0.5, 0.6) is 0 Å². The summed E-state index contributed by atoms with van der Waals surface area (Å²) in [6, 6.07) is 6.95. The van der Waals surface area contributed by atoms with Gasteiger partial charge in [-0.3, -0.25) is 9.59 Å². The average molecular weight is 367 g/mol. The molecule has 27 heavy (non-hydrogen) atoms. The SMILES string of the molecule is CC(C)CCc1nc2c(o1)CCN(C(=O)C1Cc3ccccc3C(=O)N1)C2. The number of aromatic nitrogens is 1. The Morgan fingerprint density at radius 2 is 2.19 bits per heavy atom. The molecule has 3 heterocycles. The lowest BCUT2D eigenvalue weighted by Crippen LogP contribution is -2.53. The Kier molecular flexibility index (Phi) is 4.72. The maximum atomic E-state index is 13.0. The van der Waals surface area contributed by atoms with E-state index in [1.807, 2.05) is 18.2 Å². The summed E-state index contributed by atoms with van der Waals surface area (Å²) < 4.78 is 5.87. The minimum absolute atomic E-state index is 0.0461. The average Bonchev–Trinajstić information content (AvgIpc) is 3.08. The predicted octanol–water partition coefficient (Wildman–Crippen LogP) is 2.50. The number of aryl methyl sites for hydroxylation is 1. The van der Waals surface area contributed by atoms with Gasteiger partial charge in [-0.05, 0) is 24.0 Å². The highest BCUT2D eigenvalue weighted by molar-refractivity contribution is 6.00. The second kappa shape index (κ2) is 7.18.